The summed E-state index contributed by atoms with van der Waals surface area (Å²) in [6.07, 6.45) is 3.64. The van der Waals surface area contributed by atoms with Gasteiger partial charge in [0, 0.05) is 38.2 Å². The van der Waals surface area contributed by atoms with Crippen LogP contribution in [0.2, 0.25) is 0 Å². The van der Waals surface area contributed by atoms with Crippen LogP contribution in [-0.4, -0.2) is 37.2 Å². The molecule has 1 aliphatic rings. The maximum absolute atomic E-state index is 11.4. The molecule has 2 heterocycles. The predicted molar refractivity (Wildman–Crippen MR) is 65.1 cm³/mol. The molecule has 0 unspecified atom stereocenters. The number of hydrogen-bond acceptors (Lipinski definition) is 4. The lowest BCUT2D eigenvalue weighted by molar-refractivity contribution is 0.0904. The van der Waals surface area contributed by atoms with Crippen LogP contribution < -0.4 is 10.6 Å². The molecule has 2 rings (SSSR count). The average molecular weight is 235 g/mol. The number of nitrogens with one attached hydrogen (secondary N) is 2. The van der Waals surface area contributed by atoms with Gasteiger partial charge in [0.25, 0.3) is 5.91 Å². The van der Waals surface area contributed by atoms with E-state index < -0.39 is 0 Å². The van der Waals surface area contributed by atoms with Crippen LogP contribution in [0.1, 0.15) is 23.3 Å². The van der Waals surface area contributed by atoms with Gasteiger partial charge in [-0.05, 0) is 25.0 Å². The van der Waals surface area contributed by atoms with Gasteiger partial charge in [-0.1, -0.05) is 0 Å². The summed E-state index contributed by atoms with van der Waals surface area (Å²) in [7, 11) is 1.60. The lowest BCUT2D eigenvalue weighted by atomic mass is 10.1. The van der Waals surface area contributed by atoms with Gasteiger partial charge in [0.1, 0.15) is 5.69 Å². The van der Waals surface area contributed by atoms with Gasteiger partial charge in [0.05, 0.1) is 0 Å². The Hall–Kier alpha value is -1.62. The molecule has 92 valence electrons. The summed E-state index contributed by atoms with van der Waals surface area (Å²) >= 11 is 0. The van der Waals surface area contributed by atoms with Crippen molar-refractivity contribution in [2.24, 2.45) is 0 Å². The van der Waals surface area contributed by atoms with Crippen LogP contribution in [0.3, 0.4) is 0 Å². The van der Waals surface area contributed by atoms with Crippen molar-refractivity contribution in [1.82, 2.24) is 10.3 Å². The smallest absolute Gasteiger partial charge is 0.269 e. The Morgan fingerprint density at radius 2 is 2.24 bits per heavy atom. The highest BCUT2D eigenvalue weighted by Gasteiger charge is 2.14. The Kier molecular flexibility index (Phi) is 3.93. The summed E-state index contributed by atoms with van der Waals surface area (Å²) in [5.74, 6) is -0.166. The van der Waals surface area contributed by atoms with Crippen molar-refractivity contribution < 1.29 is 9.53 Å². The summed E-state index contributed by atoms with van der Waals surface area (Å²) in [4.78, 5) is 15.5. The summed E-state index contributed by atoms with van der Waals surface area (Å²) in [6, 6.07) is 4.07. The Morgan fingerprint density at radius 1 is 1.47 bits per heavy atom. The number of carbonyl (C=O) groups excluding carboxylic acids is 1. The van der Waals surface area contributed by atoms with Crippen molar-refractivity contribution in [2.45, 2.75) is 18.9 Å². The molecule has 5 nitrogen and oxygen atoms in total. The number of aromatic nitrogens is 1. The third-order valence-corrected chi connectivity index (χ3v) is 2.81. The molecule has 0 bridgehead atoms. The van der Waals surface area contributed by atoms with Crippen LogP contribution >= 0.6 is 0 Å². The molecule has 1 aromatic heterocycles. The Labute approximate surface area is 101 Å². The largest absolute Gasteiger partial charge is 0.382 e. The maximum atomic E-state index is 11.4. The highest BCUT2D eigenvalue weighted by atomic mass is 16.5. The molecule has 1 fully saturated rings. The standard InChI is InChI=1S/C12H17N3O2/c1-13-12(16)11-8-10(2-5-14-11)15-9-3-6-17-7-4-9/h2,5,8-9H,3-4,6-7H2,1H3,(H,13,16)(H,14,15). The van der Waals surface area contributed by atoms with Gasteiger partial charge in [-0.25, -0.2) is 0 Å². The van der Waals surface area contributed by atoms with Crippen molar-refractivity contribution in [3.63, 3.8) is 0 Å². The molecule has 0 saturated carbocycles. The van der Waals surface area contributed by atoms with Crippen LogP contribution in [0, 0.1) is 0 Å². The van der Waals surface area contributed by atoms with Crippen molar-refractivity contribution in [3.8, 4) is 0 Å². The second kappa shape index (κ2) is 5.63. The number of nitrogens with zero attached hydrogens (tertiary/aromatic N) is 1. The Morgan fingerprint density at radius 3 is 2.94 bits per heavy atom. The normalized spacial score (nSPS) is 16.5. The molecule has 1 amide bonds. The fraction of sp³-hybridized carbons (Fsp3) is 0.500. The van der Waals surface area contributed by atoms with E-state index in [4.69, 9.17) is 4.74 Å². The number of hydrogen-bond donors (Lipinski definition) is 2. The third-order valence-electron chi connectivity index (χ3n) is 2.81. The van der Waals surface area contributed by atoms with Gasteiger partial charge in [-0.2, -0.15) is 0 Å². The molecule has 17 heavy (non-hydrogen) atoms. The van der Waals surface area contributed by atoms with Crippen molar-refractivity contribution in [3.05, 3.63) is 24.0 Å². The molecule has 0 radical (unpaired) electrons. The van der Waals surface area contributed by atoms with Crippen molar-refractivity contribution >= 4 is 11.6 Å². The number of ether oxygens (including phenoxy) is 1. The van der Waals surface area contributed by atoms with E-state index in [1.54, 1.807) is 19.3 Å². The second-order valence-corrected chi connectivity index (χ2v) is 4.04. The average Bonchev–Trinajstić information content (AvgIpc) is 2.39. The zero-order valence-electron chi connectivity index (χ0n) is 9.90. The number of amides is 1. The van der Waals surface area contributed by atoms with Gasteiger partial charge < -0.3 is 15.4 Å². The zero-order valence-corrected chi connectivity index (χ0v) is 9.90. The first-order valence-electron chi connectivity index (χ1n) is 5.82. The summed E-state index contributed by atoms with van der Waals surface area (Å²) in [5, 5.41) is 5.96. The molecule has 1 saturated heterocycles. The van der Waals surface area contributed by atoms with Gasteiger partial charge in [-0.15, -0.1) is 0 Å². The monoisotopic (exact) mass is 235 g/mol. The fourth-order valence-corrected chi connectivity index (χ4v) is 1.85. The molecule has 0 aromatic carbocycles. The lowest BCUT2D eigenvalue weighted by Crippen LogP contribution is -2.28. The Balaban J connectivity index is 2.02. The molecule has 5 heteroatoms. The second-order valence-electron chi connectivity index (χ2n) is 4.04. The van der Waals surface area contributed by atoms with Crippen LogP contribution in [0.5, 0.6) is 0 Å². The molecular weight excluding hydrogens is 218 g/mol. The van der Waals surface area contributed by atoms with Gasteiger partial charge in [0.15, 0.2) is 0 Å². The van der Waals surface area contributed by atoms with Gasteiger partial charge >= 0.3 is 0 Å². The Bertz CT molecular complexity index is 389. The van der Waals surface area contributed by atoms with E-state index in [9.17, 15) is 4.79 Å². The minimum atomic E-state index is -0.166. The third kappa shape index (κ3) is 3.17. The minimum absolute atomic E-state index is 0.166. The SMILES string of the molecule is CNC(=O)c1cc(NC2CCOCC2)ccn1. The molecule has 0 spiro atoms. The first-order valence-corrected chi connectivity index (χ1v) is 5.82. The van der Waals surface area contributed by atoms with Crippen LogP contribution in [0.15, 0.2) is 18.3 Å². The minimum Gasteiger partial charge on any atom is -0.382 e. The molecule has 1 aromatic rings. The highest BCUT2D eigenvalue weighted by molar-refractivity contribution is 5.92. The van der Waals surface area contributed by atoms with E-state index in [0.29, 0.717) is 11.7 Å². The molecule has 1 aliphatic heterocycles. The van der Waals surface area contributed by atoms with E-state index in [2.05, 4.69) is 15.6 Å². The van der Waals surface area contributed by atoms with E-state index in [0.717, 1.165) is 31.7 Å². The van der Waals surface area contributed by atoms with Crippen molar-refractivity contribution in [2.75, 3.05) is 25.6 Å². The molecule has 0 aliphatic carbocycles. The van der Waals surface area contributed by atoms with Crippen LogP contribution in [-0.2, 0) is 4.74 Å². The molecular formula is C12H17N3O2. The highest BCUT2D eigenvalue weighted by Crippen LogP contribution is 2.15. The quantitative estimate of drug-likeness (QED) is 0.821. The van der Waals surface area contributed by atoms with Gasteiger partial charge in [-0.3, -0.25) is 9.78 Å². The van der Waals surface area contributed by atoms with E-state index in [1.807, 2.05) is 6.07 Å². The predicted octanol–water partition coefficient (Wildman–Crippen LogP) is 1.03. The number of carbonyl (C=O) groups is 1. The summed E-state index contributed by atoms with van der Waals surface area (Å²) in [5.41, 5.74) is 1.37. The topological polar surface area (TPSA) is 63.2 Å². The number of anilines is 1. The summed E-state index contributed by atoms with van der Waals surface area (Å²) in [6.45, 7) is 1.59. The number of rotatable bonds is 3. The van der Waals surface area contributed by atoms with Gasteiger partial charge in [0.2, 0.25) is 0 Å². The lowest BCUT2D eigenvalue weighted by Gasteiger charge is -2.24. The van der Waals surface area contributed by atoms with Crippen LogP contribution in [0.4, 0.5) is 5.69 Å². The summed E-state index contributed by atoms with van der Waals surface area (Å²) < 4.78 is 5.30. The van der Waals surface area contributed by atoms with E-state index in [-0.39, 0.29) is 5.91 Å². The number of pyridine rings is 1. The maximum Gasteiger partial charge on any atom is 0.269 e. The fourth-order valence-electron chi connectivity index (χ4n) is 1.85. The van der Waals surface area contributed by atoms with Crippen LogP contribution in [0.25, 0.3) is 0 Å². The molecule has 0 atom stereocenters. The van der Waals surface area contributed by atoms with E-state index in [1.165, 1.54) is 0 Å². The first-order chi connectivity index (χ1) is 8.29. The zero-order chi connectivity index (χ0) is 12.1. The van der Waals surface area contributed by atoms with E-state index >= 15 is 0 Å². The molecule has 2 N–H and O–H groups in total. The van der Waals surface area contributed by atoms with Crippen molar-refractivity contribution in [1.29, 1.82) is 0 Å². The first kappa shape index (κ1) is 11.9.